The highest BCUT2D eigenvalue weighted by atomic mass is 16.6. The van der Waals surface area contributed by atoms with Crippen molar-refractivity contribution in [1.82, 2.24) is 26.6 Å². The number of amides is 1. The summed E-state index contributed by atoms with van der Waals surface area (Å²) < 4.78 is 53.8. The van der Waals surface area contributed by atoms with E-state index in [0.717, 1.165) is 58.7 Å². The minimum atomic E-state index is -0.785. The van der Waals surface area contributed by atoms with Crippen LogP contribution in [0.25, 0.3) is 0 Å². The van der Waals surface area contributed by atoms with Crippen LogP contribution in [0.2, 0.25) is 0 Å². The standard InChI is InChI=1S/C41H83N5O15/c1-52-19-20-53-21-22-54-23-24-55-25-26-56-27-28-57-29-30-58-31-32-59-33-34-60-35-36-61-37-39(47)46-13-3-2-7-38(41(50)51)9-14-45-18-17-43-11-5-4-10-42-15-16-44-12-6-8-40(48)49/h38,42-45H,2-37H2,1H3,(H,46,47)(H,48,49)(H,50,51). The van der Waals surface area contributed by atoms with E-state index in [2.05, 4.69) is 26.6 Å². The Kier molecular flexibility index (Phi) is 48.7. The minimum absolute atomic E-state index is 0.0551. The Hall–Kier alpha value is -2.15. The first-order valence-corrected chi connectivity index (χ1v) is 22.2. The molecule has 0 aromatic rings. The van der Waals surface area contributed by atoms with Crippen molar-refractivity contribution in [2.45, 2.75) is 51.4 Å². The third-order valence-electron chi connectivity index (χ3n) is 8.62. The molecule has 1 unspecified atom stereocenters. The third kappa shape index (κ3) is 50.4. The molecule has 0 saturated heterocycles. The predicted octanol–water partition coefficient (Wildman–Crippen LogP) is 0.163. The molecule has 0 aromatic heterocycles. The van der Waals surface area contributed by atoms with E-state index in [1.807, 2.05) is 0 Å². The van der Waals surface area contributed by atoms with Gasteiger partial charge in [0.1, 0.15) is 6.61 Å². The smallest absolute Gasteiger partial charge is 0.306 e. The summed E-state index contributed by atoms with van der Waals surface area (Å²) in [4.78, 5) is 34.2. The Labute approximate surface area is 364 Å². The predicted molar refractivity (Wildman–Crippen MR) is 229 cm³/mol. The molecule has 0 aliphatic rings. The molecule has 0 bridgehead atoms. The van der Waals surface area contributed by atoms with Crippen LogP contribution < -0.4 is 26.6 Å². The molecule has 1 amide bonds. The number of carboxylic acid groups (broad SMARTS) is 2. The number of rotatable bonds is 53. The van der Waals surface area contributed by atoms with Crippen LogP contribution in [0.5, 0.6) is 0 Å². The summed E-state index contributed by atoms with van der Waals surface area (Å²) in [6, 6.07) is 0. The Morgan fingerprint density at radius 1 is 0.410 bits per heavy atom. The van der Waals surface area contributed by atoms with Crippen LogP contribution in [0.15, 0.2) is 0 Å². The van der Waals surface area contributed by atoms with Gasteiger partial charge in [0.15, 0.2) is 0 Å². The summed E-state index contributed by atoms with van der Waals surface area (Å²) in [5.74, 6) is -2.16. The van der Waals surface area contributed by atoms with Crippen molar-refractivity contribution >= 4 is 17.8 Å². The average Bonchev–Trinajstić information content (AvgIpc) is 3.24. The van der Waals surface area contributed by atoms with Crippen LogP contribution in [-0.4, -0.2) is 220 Å². The van der Waals surface area contributed by atoms with Gasteiger partial charge in [-0.1, -0.05) is 6.42 Å². The molecule has 0 heterocycles. The van der Waals surface area contributed by atoms with Crippen molar-refractivity contribution in [2.75, 3.05) is 192 Å². The Bertz CT molecular complexity index is 948. The van der Waals surface area contributed by atoms with Gasteiger partial charge in [-0.05, 0) is 64.7 Å². The molecule has 7 N–H and O–H groups in total. The summed E-state index contributed by atoms with van der Waals surface area (Å²) in [7, 11) is 1.64. The third-order valence-corrected chi connectivity index (χ3v) is 8.62. The molecular formula is C41H83N5O15. The van der Waals surface area contributed by atoms with Crippen LogP contribution in [0.4, 0.5) is 0 Å². The van der Waals surface area contributed by atoms with Crippen LogP contribution in [-0.2, 0) is 61.8 Å². The molecule has 0 aliphatic heterocycles. The normalized spacial score (nSPS) is 12.0. The van der Waals surface area contributed by atoms with Gasteiger partial charge in [-0.25, -0.2) is 0 Å². The van der Waals surface area contributed by atoms with Crippen molar-refractivity contribution in [3.63, 3.8) is 0 Å². The molecule has 0 radical (unpaired) electrons. The van der Waals surface area contributed by atoms with E-state index in [4.69, 9.17) is 52.5 Å². The first-order valence-electron chi connectivity index (χ1n) is 22.2. The molecule has 362 valence electrons. The lowest BCUT2D eigenvalue weighted by Crippen LogP contribution is -2.31. The number of hydrogen-bond donors (Lipinski definition) is 7. The fraction of sp³-hybridized carbons (Fsp3) is 0.927. The molecule has 0 fully saturated rings. The zero-order valence-corrected chi connectivity index (χ0v) is 37.2. The average molecular weight is 886 g/mol. The van der Waals surface area contributed by atoms with Crippen LogP contribution in [0, 0.1) is 5.92 Å². The summed E-state index contributed by atoms with van der Waals surface area (Å²) in [5.41, 5.74) is 0. The fourth-order valence-electron chi connectivity index (χ4n) is 5.25. The zero-order valence-electron chi connectivity index (χ0n) is 37.2. The van der Waals surface area contributed by atoms with Gasteiger partial charge in [-0.2, -0.15) is 0 Å². The van der Waals surface area contributed by atoms with Gasteiger partial charge in [0, 0.05) is 46.3 Å². The number of ether oxygens (including phenoxy) is 10. The molecule has 20 heteroatoms. The van der Waals surface area contributed by atoms with Gasteiger partial charge in [0.05, 0.1) is 125 Å². The van der Waals surface area contributed by atoms with Crippen LogP contribution in [0.1, 0.15) is 51.4 Å². The van der Waals surface area contributed by atoms with E-state index in [1.165, 1.54) is 0 Å². The second-order valence-corrected chi connectivity index (χ2v) is 13.8. The van der Waals surface area contributed by atoms with Crippen LogP contribution >= 0.6 is 0 Å². The van der Waals surface area contributed by atoms with Crippen molar-refractivity contribution in [2.24, 2.45) is 5.92 Å². The lowest BCUT2D eigenvalue weighted by molar-refractivity contribution is -0.142. The highest BCUT2D eigenvalue weighted by Gasteiger charge is 2.16. The van der Waals surface area contributed by atoms with E-state index < -0.39 is 17.9 Å². The van der Waals surface area contributed by atoms with Crippen molar-refractivity contribution in [1.29, 1.82) is 0 Å². The molecule has 0 aromatic carbocycles. The highest BCUT2D eigenvalue weighted by molar-refractivity contribution is 5.77. The molecule has 20 nitrogen and oxygen atoms in total. The summed E-state index contributed by atoms with van der Waals surface area (Å²) in [6.07, 6.45) is 5.55. The maximum atomic E-state index is 12.0. The largest absolute Gasteiger partial charge is 0.481 e. The SMILES string of the molecule is COCCOCCOCCOCCOCCOCCOCCOCCOCCOCC(=O)NCCCCC(CCNCCNCCCCNCCNCCCC(=O)O)C(=O)O. The van der Waals surface area contributed by atoms with E-state index in [0.29, 0.717) is 164 Å². The minimum Gasteiger partial charge on any atom is -0.481 e. The number of aliphatic carboxylic acids is 2. The first kappa shape index (κ1) is 58.9. The summed E-state index contributed by atoms with van der Waals surface area (Å²) in [5, 5.41) is 34.3. The van der Waals surface area contributed by atoms with Gasteiger partial charge in [0.25, 0.3) is 0 Å². The quantitative estimate of drug-likeness (QED) is 0.0403. The van der Waals surface area contributed by atoms with Gasteiger partial charge >= 0.3 is 11.9 Å². The number of methoxy groups -OCH3 is 1. The molecule has 0 saturated carbocycles. The maximum absolute atomic E-state index is 12.0. The van der Waals surface area contributed by atoms with E-state index >= 15 is 0 Å². The van der Waals surface area contributed by atoms with Crippen LogP contribution in [0.3, 0.4) is 0 Å². The lowest BCUT2D eigenvalue weighted by atomic mass is 9.98. The summed E-state index contributed by atoms with van der Waals surface area (Å²) in [6.45, 7) is 15.5. The number of nitrogens with one attached hydrogen (secondary N) is 5. The number of carbonyl (C=O) groups excluding carboxylic acids is 1. The molecule has 1 atom stereocenters. The zero-order chi connectivity index (χ0) is 44.4. The van der Waals surface area contributed by atoms with E-state index in [9.17, 15) is 19.5 Å². The van der Waals surface area contributed by atoms with E-state index in [1.54, 1.807) is 7.11 Å². The Morgan fingerprint density at radius 3 is 1.16 bits per heavy atom. The maximum Gasteiger partial charge on any atom is 0.306 e. The first-order chi connectivity index (χ1) is 30.0. The van der Waals surface area contributed by atoms with Gasteiger partial charge in [-0.15, -0.1) is 0 Å². The lowest BCUT2D eigenvalue weighted by Gasteiger charge is -2.13. The van der Waals surface area contributed by atoms with E-state index in [-0.39, 0.29) is 18.9 Å². The van der Waals surface area contributed by atoms with Gasteiger partial charge in [0.2, 0.25) is 5.91 Å². The molecule has 0 spiro atoms. The molecule has 61 heavy (non-hydrogen) atoms. The molecular weight excluding hydrogens is 802 g/mol. The van der Waals surface area contributed by atoms with Crippen molar-refractivity contribution < 1.29 is 72.0 Å². The van der Waals surface area contributed by atoms with Gasteiger partial charge in [-0.3, -0.25) is 14.4 Å². The second-order valence-electron chi connectivity index (χ2n) is 13.8. The number of hydrogen-bond acceptors (Lipinski definition) is 17. The van der Waals surface area contributed by atoms with Crippen molar-refractivity contribution in [3.8, 4) is 0 Å². The Balaban J connectivity index is 3.37. The number of carboxylic acids is 2. The Morgan fingerprint density at radius 2 is 0.770 bits per heavy atom. The molecule has 0 aliphatic carbocycles. The number of carbonyl (C=O) groups is 3. The summed E-state index contributed by atoms with van der Waals surface area (Å²) >= 11 is 0. The monoisotopic (exact) mass is 886 g/mol. The number of unbranched alkanes of at least 4 members (excludes halogenated alkanes) is 2. The highest BCUT2D eigenvalue weighted by Crippen LogP contribution is 2.12. The fourth-order valence-corrected chi connectivity index (χ4v) is 5.25. The topological polar surface area (TPSA) is 244 Å². The van der Waals surface area contributed by atoms with Gasteiger partial charge < -0.3 is 84.2 Å². The molecule has 0 rings (SSSR count). The van der Waals surface area contributed by atoms with Crippen molar-refractivity contribution in [3.05, 3.63) is 0 Å². The second kappa shape index (κ2) is 50.5.